The minimum atomic E-state index is -0.395. The van der Waals surface area contributed by atoms with Crippen molar-refractivity contribution in [1.82, 2.24) is 19.6 Å². The zero-order valence-corrected chi connectivity index (χ0v) is 20.7. The third-order valence-corrected chi connectivity index (χ3v) is 7.38. The monoisotopic (exact) mass is 466 g/mol. The van der Waals surface area contributed by atoms with Crippen molar-refractivity contribution in [3.8, 4) is 5.75 Å². The molecule has 7 heteroatoms. The van der Waals surface area contributed by atoms with Gasteiger partial charge in [0.25, 0.3) is 5.91 Å². The number of likely N-dealkylation sites (tertiary alicyclic amines) is 1. The third kappa shape index (κ3) is 5.45. The van der Waals surface area contributed by atoms with Crippen LogP contribution in [-0.4, -0.2) is 64.7 Å². The van der Waals surface area contributed by atoms with E-state index in [2.05, 4.69) is 24.2 Å². The quantitative estimate of drug-likeness (QED) is 0.681. The Morgan fingerprint density at radius 1 is 1.06 bits per heavy atom. The first-order valence-corrected chi connectivity index (χ1v) is 12.8. The van der Waals surface area contributed by atoms with Gasteiger partial charge in [0.15, 0.2) is 0 Å². The predicted molar refractivity (Wildman–Crippen MR) is 132 cm³/mol. The van der Waals surface area contributed by atoms with Gasteiger partial charge < -0.3 is 14.5 Å². The SMILES string of the molecule is CCCn1ccc(C(=O)N2CCC3(CCCCCc4ccccc4OCCN(C)C3=O)CC2)n1. The highest BCUT2D eigenvalue weighted by atomic mass is 16.5. The number of ether oxygens (including phenoxy) is 1. The third-order valence-electron chi connectivity index (χ3n) is 7.38. The number of hydrogen-bond donors (Lipinski definition) is 0. The van der Waals surface area contributed by atoms with Gasteiger partial charge in [0.2, 0.25) is 5.91 Å². The molecule has 7 nitrogen and oxygen atoms in total. The number of piperidine rings is 1. The summed E-state index contributed by atoms with van der Waals surface area (Å²) in [6.45, 7) is 5.15. The average molecular weight is 467 g/mol. The molecule has 3 heterocycles. The first-order chi connectivity index (χ1) is 16.5. The molecular weight excluding hydrogens is 428 g/mol. The Hall–Kier alpha value is -2.83. The molecule has 184 valence electrons. The number of amides is 2. The standard InChI is InChI=1S/C27H38N4O3/c1-3-16-31-17-12-23(28-31)25(32)30-18-14-27(15-19-30)13-8-4-5-9-22-10-6-7-11-24(22)34-21-20-29(2)26(27)33/h6-7,10-12,17H,3-5,8-9,13-16,18-21H2,1-2H3. The first kappa shape index (κ1) is 24.3. The molecule has 1 spiro atoms. The van der Waals surface area contributed by atoms with E-state index < -0.39 is 5.41 Å². The van der Waals surface area contributed by atoms with Crippen LogP contribution in [0.15, 0.2) is 36.5 Å². The fourth-order valence-corrected chi connectivity index (χ4v) is 5.31. The number of carbonyl (C=O) groups excluding carboxylic acids is 2. The Kier molecular flexibility index (Phi) is 7.91. The van der Waals surface area contributed by atoms with Crippen LogP contribution < -0.4 is 4.74 Å². The lowest BCUT2D eigenvalue weighted by Crippen LogP contribution is -2.51. The Bertz CT molecular complexity index is 978. The van der Waals surface area contributed by atoms with E-state index in [-0.39, 0.29) is 11.8 Å². The molecule has 0 aliphatic carbocycles. The maximum atomic E-state index is 13.6. The molecule has 0 saturated carbocycles. The summed E-state index contributed by atoms with van der Waals surface area (Å²) in [4.78, 5) is 30.4. The highest BCUT2D eigenvalue weighted by Gasteiger charge is 2.43. The number of hydrogen-bond acceptors (Lipinski definition) is 4. The second kappa shape index (κ2) is 11.1. The second-order valence-electron chi connectivity index (χ2n) is 9.78. The number of aryl methyl sites for hydroxylation is 2. The maximum absolute atomic E-state index is 13.6. The van der Waals surface area contributed by atoms with E-state index in [1.54, 1.807) is 6.07 Å². The molecule has 0 N–H and O–H groups in total. The summed E-state index contributed by atoms with van der Waals surface area (Å²) < 4.78 is 7.88. The van der Waals surface area contributed by atoms with E-state index in [9.17, 15) is 9.59 Å². The zero-order valence-electron chi connectivity index (χ0n) is 20.7. The molecule has 1 saturated heterocycles. The molecule has 4 rings (SSSR count). The maximum Gasteiger partial charge on any atom is 0.274 e. The summed E-state index contributed by atoms with van der Waals surface area (Å²) in [7, 11) is 1.89. The number of para-hydroxylation sites is 1. The van der Waals surface area contributed by atoms with Crippen molar-refractivity contribution in [3.63, 3.8) is 0 Å². The number of benzene rings is 1. The van der Waals surface area contributed by atoms with Gasteiger partial charge in [-0.05, 0) is 56.2 Å². The normalized spacial score (nSPS) is 19.5. The van der Waals surface area contributed by atoms with E-state index in [0.717, 1.165) is 50.8 Å². The molecule has 1 fully saturated rings. The molecule has 2 aliphatic rings. The average Bonchev–Trinajstić information content (AvgIpc) is 3.32. The van der Waals surface area contributed by atoms with Crippen LogP contribution >= 0.6 is 0 Å². The summed E-state index contributed by atoms with van der Waals surface area (Å²) in [5, 5.41) is 4.44. The zero-order chi connectivity index (χ0) is 24.0. The Morgan fingerprint density at radius 2 is 1.85 bits per heavy atom. The molecule has 2 aliphatic heterocycles. The second-order valence-corrected chi connectivity index (χ2v) is 9.78. The van der Waals surface area contributed by atoms with Gasteiger partial charge in [-0.15, -0.1) is 0 Å². The van der Waals surface area contributed by atoms with Crippen molar-refractivity contribution >= 4 is 11.8 Å². The van der Waals surface area contributed by atoms with E-state index >= 15 is 0 Å². The number of nitrogens with zero attached hydrogens (tertiary/aromatic N) is 4. The molecule has 2 aromatic rings. The minimum Gasteiger partial charge on any atom is -0.491 e. The molecule has 34 heavy (non-hydrogen) atoms. The van der Waals surface area contributed by atoms with Crippen molar-refractivity contribution in [2.45, 2.75) is 64.8 Å². The molecule has 2 amide bonds. The van der Waals surface area contributed by atoms with Gasteiger partial charge >= 0.3 is 0 Å². The number of rotatable bonds is 3. The van der Waals surface area contributed by atoms with Gasteiger partial charge in [0.05, 0.1) is 12.0 Å². The van der Waals surface area contributed by atoms with Crippen LogP contribution in [0.3, 0.4) is 0 Å². The van der Waals surface area contributed by atoms with E-state index in [4.69, 9.17) is 4.74 Å². The van der Waals surface area contributed by atoms with E-state index in [1.165, 1.54) is 5.56 Å². The molecular formula is C27H38N4O3. The Morgan fingerprint density at radius 3 is 2.65 bits per heavy atom. The number of aromatic nitrogens is 2. The van der Waals surface area contributed by atoms with Crippen LogP contribution in [-0.2, 0) is 17.8 Å². The topological polar surface area (TPSA) is 67.7 Å². The predicted octanol–water partition coefficient (Wildman–Crippen LogP) is 4.17. The van der Waals surface area contributed by atoms with Crippen molar-refractivity contribution in [2.75, 3.05) is 33.3 Å². The van der Waals surface area contributed by atoms with E-state index in [1.807, 2.05) is 39.9 Å². The van der Waals surface area contributed by atoms with Gasteiger partial charge in [-0.3, -0.25) is 14.3 Å². The number of fused-ring (bicyclic) bond motifs is 1. The van der Waals surface area contributed by atoms with Crippen molar-refractivity contribution in [3.05, 3.63) is 47.8 Å². The van der Waals surface area contributed by atoms with Gasteiger partial charge in [0, 0.05) is 32.9 Å². The number of carbonyl (C=O) groups is 2. The van der Waals surface area contributed by atoms with Crippen LogP contribution in [0.4, 0.5) is 0 Å². The highest BCUT2D eigenvalue weighted by molar-refractivity contribution is 5.92. The molecule has 1 aromatic heterocycles. The minimum absolute atomic E-state index is 0.0266. The van der Waals surface area contributed by atoms with Crippen molar-refractivity contribution < 1.29 is 14.3 Å². The lowest BCUT2D eigenvalue weighted by Gasteiger charge is -2.42. The van der Waals surface area contributed by atoms with Crippen LogP contribution in [0.2, 0.25) is 0 Å². The highest BCUT2D eigenvalue weighted by Crippen LogP contribution is 2.39. The summed E-state index contributed by atoms with van der Waals surface area (Å²) in [5.41, 5.74) is 1.35. The smallest absolute Gasteiger partial charge is 0.274 e. The van der Waals surface area contributed by atoms with Crippen LogP contribution in [0.1, 0.15) is 67.9 Å². The van der Waals surface area contributed by atoms with Gasteiger partial charge in [-0.25, -0.2) is 0 Å². The first-order valence-electron chi connectivity index (χ1n) is 12.8. The Labute approximate surface area is 203 Å². The van der Waals surface area contributed by atoms with Gasteiger partial charge in [-0.2, -0.15) is 5.10 Å². The largest absolute Gasteiger partial charge is 0.491 e. The van der Waals surface area contributed by atoms with Crippen molar-refractivity contribution in [1.29, 1.82) is 0 Å². The Balaban J connectivity index is 1.42. The molecule has 0 unspecified atom stereocenters. The summed E-state index contributed by atoms with van der Waals surface area (Å²) in [5.74, 6) is 1.11. The number of likely N-dealkylation sites (N-methyl/N-ethyl adjacent to an activating group) is 1. The lowest BCUT2D eigenvalue weighted by atomic mass is 9.73. The molecule has 0 bridgehead atoms. The summed E-state index contributed by atoms with van der Waals surface area (Å²) in [6.07, 6.45) is 9.35. The van der Waals surface area contributed by atoms with Crippen LogP contribution in [0, 0.1) is 5.41 Å². The molecule has 0 atom stereocenters. The van der Waals surface area contributed by atoms with Crippen molar-refractivity contribution in [2.24, 2.45) is 5.41 Å². The van der Waals surface area contributed by atoms with Gasteiger partial charge in [-0.1, -0.05) is 38.0 Å². The molecule has 0 radical (unpaired) electrons. The lowest BCUT2D eigenvalue weighted by molar-refractivity contribution is -0.144. The van der Waals surface area contributed by atoms with E-state index in [0.29, 0.717) is 44.8 Å². The van der Waals surface area contributed by atoms with Gasteiger partial charge in [0.1, 0.15) is 18.1 Å². The fourth-order valence-electron chi connectivity index (χ4n) is 5.31. The van der Waals surface area contributed by atoms with Crippen LogP contribution in [0.5, 0.6) is 5.75 Å². The van der Waals surface area contributed by atoms with Crippen LogP contribution in [0.25, 0.3) is 0 Å². The summed E-state index contributed by atoms with van der Waals surface area (Å²) >= 11 is 0. The summed E-state index contributed by atoms with van der Waals surface area (Å²) in [6, 6.07) is 10.0. The molecule has 1 aromatic carbocycles. The fraction of sp³-hybridized carbons (Fsp3) is 0.593.